The molecule has 0 radical (unpaired) electrons. The molecule has 0 saturated carbocycles. The fraction of sp³-hybridized carbons (Fsp3) is 0.316. The molecule has 0 aromatic heterocycles. The first-order valence-corrected chi connectivity index (χ1v) is 8.58. The first kappa shape index (κ1) is 16.7. The van der Waals surface area contributed by atoms with Crippen molar-refractivity contribution in [3.8, 4) is 0 Å². The van der Waals surface area contributed by atoms with Crippen LogP contribution in [-0.2, 0) is 6.54 Å². The van der Waals surface area contributed by atoms with Crippen LogP contribution in [0, 0.1) is 6.92 Å². The van der Waals surface area contributed by atoms with Gasteiger partial charge in [0.25, 0.3) is 0 Å². The van der Waals surface area contributed by atoms with Crippen LogP contribution in [0.1, 0.15) is 11.1 Å². The summed E-state index contributed by atoms with van der Waals surface area (Å²) >= 11 is 5.93. The van der Waals surface area contributed by atoms with E-state index < -0.39 is 0 Å². The molecule has 1 N–H and O–H groups in total. The third kappa shape index (κ3) is 4.20. The number of halogens is 1. The summed E-state index contributed by atoms with van der Waals surface area (Å²) in [4.78, 5) is 16.5. The molecule has 0 unspecified atom stereocenters. The lowest BCUT2D eigenvalue weighted by Gasteiger charge is -2.36. The molecule has 2 amide bonds. The predicted octanol–water partition coefficient (Wildman–Crippen LogP) is 3.68. The number of aryl methyl sites for hydroxylation is 1. The molecule has 5 heteroatoms. The van der Waals surface area contributed by atoms with Gasteiger partial charge in [-0.15, -0.1) is 0 Å². The second-order valence-corrected chi connectivity index (χ2v) is 6.53. The van der Waals surface area contributed by atoms with Crippen molar-refractivity contribution in [2.75, 3.05) is 31.1 Å². The van der Waals surface area contributed by atoms with Gasteiger partial charge in [-0.25, -0.2) is 4.79 Å². The topological polar surface area (TPSA) is 35.6 Å². The summed E-state index contributed by atoms with van der Waals surface area (Å²) in [6.07, 6.45) is 0. The minimum Gasteiger partial charge on any atom is -0.368 e. The molecule has 0 spiro atoms. The van der Waals surface area contributed by atoms with E-state index in [4.69, 9.17) is 11.6 Å². The van der Waals surface area contributed by atoms with Gasteiger partial charge < -0.3 is 15.1 Å². The number of benzene rings is 2. The van der Waals surface area contributed by atoms with E-state index in [1.807, 2.05) is 41.3 Å². The second kappa shape index (κ2) is 7.58. The van der Waals surface area contributed by atoms with E-state index in [1.54, 1.807) is 0 Å². The SMILES string of the molecule is Cc1ccc(CNC(=O)N2CCN(c3ccc(Cl)cc3)CC2)cc1. The lowest BCUT2D eigenvalue weighted by Crippen LogP contribution is -2.51. The summed E-state index contributed by atoms with van der Waals surface area (Å²) in [5.74, 6) is 0. The minimum atomic E-state index is 0.00586. The van der Waals surface area contributed by atoms with Crippen LogP contribution >= 0.6 is 11.6 Å². The molecule has 1 aliphatic rings. The van der Waals surface area contributed by atoms with Crippen LogP contribution in [0.2, 0.25) is 5.02 Å². The number of carbonyl (C=O) groups excluding carboxylic acids is 1. The largest absolute Gasteiger partial charge is 0.368 e. The molecule has 0 aliphatic carbocycles. The molecule has 2 aromatic carbocycles. The van der Waals surface area contributed by atoms with Crippen molar-refractivity contribution in [3.63, 3.8) is 0 Å². The fourth-order valence-corrected chi connectivity index (χ4v) is 2.94. The molecule has 1 heterocycles. The van der Waals surface area contributed by atoms with Crippen molar-refractivity contribution < 1.29 is 4.79 Å². The first-order valence-electron chi connectivity index (χ1n) is 8.21. The highest BCUT2D eigenvalue weighted by Crippen LogP contribution is 2.19. The Labute approximate surface area is 148 Å². The maximum Gasteiger partial charge on any atom is 0.317 e. The van der Waals surface area contributed by atoms with Crippen LogP contribution in [0.4, 0.5) is 10.5 Å². The number of rotatable bonds is 3. The van der Waals surface area contributed by atoms with Crippen molar-refractivity contribution in [3.05, 3.63) is 64.7 Å². The zero-order valence-electron chi connectivity index (χ0n) is 13.8. The first-order chi connectivity index (χ1) is 11.6. The monoisotopic (exact) mass is 343 g/mol. The van der Waals surface area contributed by atoms with E-state index in [1.165, 1.54) is 5.56 Å². The number of carbonyl (C=O) groups is 1. The Kier molecular flexibility index (Phi) is 5.26. The Bertz CT molecular complexity index is 677. The van der Waals surface area contributed by atoms with Gasteiger partial charge in [-0.05, 0) is 36.8 Å². The van der Waals surface area contributed by atoms with Crippen molar-refractivity contribution in [2.45, 2.75) is 13.5 Å². The molecule has 3 rings (SSSR count). The van der Waals surface area contributed by atoms with E-state index in [9.17, 15) is 4.79 Å². The number of hydrogen-bond acceptors (Lipinski definition) is 2. The minimum absolute atomic E-state index is 0.00586. The van der Waals surface area contributed by atoms with Crippen molar-refractivity contribution >= 4 is 23.3 Å². The van der Waals surface area contributed by atoms with Gasteiger partial charge in [-0.1, -0.05) is 41.4 Å². The number of anilines is 1. The van der Waals surface area contributed by atoms with E-state index in [2.05, 4.69) is 29.3 Å². The van der Waals surface area contributed by atoms with Gasteiger partial charge in [0.15, 0.2) is 0 Å². The number of amides is 2. The highest BCUT2D eigenvalue weighted by molar-refractivity contribution is 6.30. The fourth-order valence-electron chi connectivity index (χ4n) is 2.82. The molecule has 4 nitrogen and oxygen atoms in total. The van der Waals surface area contributed by atoms with E-state index in [0.717, 1.165) is 42.5 Å². The normalized spacial score (nSPS) is 14.6. The second-order valence-electron chi connectivity index (χ2n) is 6.09. The Morgan fingerprint density at radius 2 is 1.62 bits per heavy atom. The summed E-state index contributed by atoms with van der Waals surface area (Å²) in [7, 11) is 0. The van der Waals surface area contributed by atoms with Crippen molar-refractivity contribution in [1.82, 2.24) is 10.2 Å². The third-order valence-corrected chi connectivity index (χ3v) is 4.57. The average Bonchev–Trinajstić information content (AvgIpc) is 2.62. The standard InChI is InChI=1S/C19H22ClN3O/c1-15-2-4-16(5-3-15)14-21-19(24)23-12-10-22(11-13-23)18-8-6-17(20)7-9-18/h2-9H,10-14H2,1H3,(H,21,24). The van der Waals surface area contributed by atoms with Crippen LogP contribution in [0.5, 0.6) is 0 Å². The van der Waals surface area contributed by atoms with Crippen LogP contribution < -0.4 is 10.2 Å². The summed E-state index contributed by atoms with van der Waals surface area (Å²) in [6.45, 7) is 5.74. The van der Waals surface area contributed by atoms with E-state index in [0.29, 0.717) is 6.54 Å². The maximum absolute atomic E-state index is 12.3. The smallest absolute Gasteiger partial charge is 0.317 e. The van der Waals surface area contributed by atoms with Gasteiger partial charge in [-0.3, -0.25) is 0 Å². The molecule has 0 atom stereocenters. The van der Waals surface area contributed by atoms with Gasteiger partial charge in [-0.2, -0.15) is 0 Å². The summed E-state index contributed by atoms with van der Waals surface area (Å²) in [5.41, 5.74) is 3.50. The molecule has 1 aliphatic heterocycles. The molecule has 1 fully saturated rings. The van der Waals surface area contributed by atoms with Crippen LogP contribution in [0.3, 0.4) is 0 Å². The predicted molar refractivity (Wildman–Crippen MR) is 98.7 cm³/mol. The van der Waals surface area contributed by atoms with Crippen LogP contribution in [0.25, 0.3) is 0 Å². The van der Waals surface area contributed by atoms with Gasteiger partial charge in [0, 0.05) is 43.4 Å². The quantitative estimate of drug-likeness (QED) is 0.922. The number of nitrogens with one attached hydrogen (secondary N) is 1. The van der Waals surface area contributed by atoms with Crippen molar-refractivity contribution in [2.24, 2.45) is 0 Å². The molecular weight excluding hydrogens is 322 g/mol. The van der Waals surface area contributed by atoms with Gasteiger partial charge >= 0.3 is 6.03 Å². The number of hydrogen-bond donors (Lipinski definition) is 1. The zero-order chi connectivity index (χ0) is 16.9. The highest BCUT2D eigenvalue weighted by atomic mass is 35.5. The van der Waals surface area contributed by atoms with Gasteiger partial charge in [0.05, 0.1) is 0 Å². The molecule has 126 valence electrons. The lowest BCUT2D eigenvalue weighted by molar-refractivity contribution is 0.194. The van der Waals surface area contributed by atoms with Crippen LogP contribution in [-0.4, -0.2) is 37.1 Å². The molecule has 1 saturated heterocycles. The van der Waals surface area contributed by atoms with Crippen molar-refractivity contribution in [1.29, 1.82) is 0 Å². The molecule has 2 aromatic rings. The Morgan fingerprint density at radius 1 is 1.00 bits per heavy atom. The molecular formula is C19H22ClN3O. The average molecular weight is 344 g/mol. The summed E-state index contributed by atoms with van der Waals surface area (Å²) < 4.78 is 0. The summed E-state index contributed by atoms with van der Waals surface area (Å²) in [5, 5.41) is 3.74. The maximum atomic E-state index is 12.3. The number of nitrogens with zero attached hydrogens (tertiary/aromatic N) is 2. The Balaban J connectivity index is 1.48. The van der Waals surface area contributed by atoms with Gasteiger partial charge in [0.1, 0.15) is 0 Å². The van der Waals surface area contributed by atoms with E-state index >= 15 is 0 Å². The zero-order valence-corrected chi connectivity index (χ0v) is 14.6. The van der Waals surface area contributed by atoms with E-state index in [-0.39, 0.29) is 6.03 Å². The Hall–Kier alpha value is -2.20. The molecule has 24 heavy (non-hydrogen) atoms. The summed E-state index contributed by atoms with van der Waals surface area (Å²) in [6, 6.07) is 16.1. The van der Waals surface area contributed by atoms with Gasteiger partial charge in [0.2, 0.25) is 0 Å². The Morgan fingerprint density at radius 3 is 2.25 bits per heavy atom. The van der Waals surface area contributed by atoms with Crippen LogP contribution in [0.15, 0.2) is 48.5 Å². The lowest BCUT2D eigenvalue weighted by atomic mass is 10.1. The number of piperazine rings is 1. The molecule has 0 bridgehead atoms. The highest BCUT2D eigenvalue weighted by Gasteiger charge is 2.20. The third-order valence-electron chi connectivity index (χ3n) is 4.32. The number of urea groups is 1.